The molecule has 0 aliphatic heterocycles. The summed E-state index contributed by atoms with van der Waals surface area (Å²) in [5.41, 5.74) is 5.32. The summed E-state index contributed by atoms with van der Waals surface area (Å²) in [6.45, 7) is 6.83. The van der Waals surface area contributed by atoms with E-state index in [0.717, 1.165) is 54.8 Å². The van der Waals surface area contributed by atoms with Crippen molar-refractivity contribution in [2.45, 2.75) is 52.4 Å². The van der Waals surface area contributed by atoms with Gasteiger partial charge in [-0.25, -0.2) is 0 Å². The van der Waals surface area contributed by atoms with Crippen LogP contribution in [0.4, 0.5) is 0 Å². The maximum Gasteiger partial charge on any atom is 0.254 e. The number of aryl methyl sites for hydroxylation is 1. The third kappa shape index (κ3) is 10.5. The molecule has 6 aromatic carbocycles. The smallest absolute Gasteiger partial charge is 0.254 e. The molecule has 0 fully saturated rings. The number of hydrogen-bond acceptors (Lipinski definition) is 6. The zero-order valence-electron chi connectivity index (χ0n) is 36.3. The van der Waals surface area contributed by atoms with E-state index in [9.17, 15) is 9.59 Å². The second-order valence-electron chi connectivity index (χ2n) is 15.3. The number of hydrogen-bond donors (Lipinski definition) is 2. The lowest BCUT2D eigenvalue weighted by atomic mass is 9.94. The van der Waals surface area contributed by atoms with Crippen molar-refractivity contribution < 1.29 is 26.2 Å². The van der Waals surface area contributed by atoms with Crippen molar-refractivity contribution in [3.05, 3.63) is 144 Å². The van der Waals surface area contributed by atoms with Gasteiger partial charge in [-0.05, 0) is 114 Å². The normalized spacial score (nSPS) is 12.1. The fraction of sp³-hybridized carbons (Fsp3) is 0.294. The lowest BCUT2D eigenvalue weighted by Gasteiger charge is -2.26. The summed E-state index contributed by atoms with van der Waals surface area (Å²) >= 11 is 0. The van der Waals surface area contributed by atoms with Crippen LogP contribution in [0.15, 0.2) is 132 Å². The highest BCUT2D eigenvalue weighted by Crippen LogP contribution is 2.32. The molecule has 0 bridgehead atoms. The molecule has 59 heavy (non-hydrogen) atoms. The molecular weight excluding hydrogens is 735 g/mol. The van der Waals surface area contributed by atoms with E-state index < -0.39 is 6.37 Å². The molecule has 2 amide bonds. The van der Waals surface area contributed by atoms with Crippen LogP contribution in [-0.4, -0.2) is 56.6 Å². The van der Waals surface area contributed by atoms with E-state index >= 15 is 0 Å². The van der Waals surface area contributed by atoms with Crippen molar-refractivity contribution in [3.63, 3.8) is 0 Å². The molecule has 0 spiro atoms. The molecule has 0 aliphatic carbocycles. The monoisotopic (exact) mass is 791 g/mol. The number of nitrogens with one attached hydrogen (secondary N) is 2. The van der Waals surface area contributed by atoms with Crippen LogP contribution in [-0.2, 0) is 17.8 Å². The van der Waals surface area contributed by atoms with Crippen molar-refractivity contribution >= 4 is 44.3 Å². The van der Waals surface area contributed by atoms with Gasteiger partial charge in [-0.3, -0.25) is 9.59 Å². The van der Waals surface area contributed by atoms with E-state index in [4.69, 9.17) is 16.6 Å². The predicted octanol–water partition coefficient (Wildman–Crippen LogP) is 10.6. The van der Waals surface area contributed by atoms with Gasteiger partial charge in [0.25, 0.3) is 5.91 Å². The van der Waals surface area contributed by atoms with Crippen molar-refractivity contribution in [1.82, 2.24) is 15.5 Å². The lowest BCUT2D eigenvalue weighted by Crippen LogP contribution is -2.33. The molecule has 0 saturated heterocycles. The zero-order valence-corrected chi connectivity index (χ0v) is 34.3. The molecule has 1 aromatic heterocycles. The molecule has 0 atom stereocenters. The van der Waals surface area contributed by atoms with Gasteiger partial charge >= 0.3 is 0 Å². The molecule has 7 rings (SSSR count). The molecule has 304 valence electrons. The minimum absolute atomic E-state index is 0.0470. The Balaban J connectivity index is 0.831. The van der Waals surface area contributed by atoms with Crippen LogP contribution in [0.1, 0.15) is 63.7 Å². The molecule has 0 radical (unpaired) electrons. The largest absolute Gasteiger partial charge is 0.496 e. The number of benzene rings is 6. The first-order valence-electron chi connectivity index (χ1n) is 21.6. The number of fused-ring (bicyclic) bond motifs is 3. The average molecular weight is 792 g/mol. The highest BCUT2D eigenvalue weighted by Gasteiger charge is 2.20. The first-order chi connectivity index (χ1) is 29.6. The van der Waals surface area contributed by atoms with Gasteiger partial charge in [0.15, 0.2) is 0 Å². The average Bonchev–Trinajstić information content (AvgIpc) is 3.70. The molecule has 7 aromatic rings. The Labute approximate surface area is 350 Å². The van der Waals surface area contributed by atoms with E-state index in [1.165, 1.54) is 0 Å². The summed E-state index contributed by atoms with van der Waals surface area (Å²) in [4.78, 5) is 28.3. The summed E-state index contributed by atoms with van der Waals surface area (Å²) in [5, 5.41) is 11.7. The van der Waals surface area contributed by atoms with Crippen LogP contribution in [0.5, 0.6) is 11.5 Å². The molecule has 8 nitrogen and oxygen atoms in total. The Morgan fingerprint density at radius 3 is 2.24 bits per heavy atom. The summed E-state index contributed by atoms with van der Waals surface area (Å²) < 4.78 is 35.0. The Morgan fingerprint density at radius 2 is 1.51 bits per heavy atom. The number of methoxy groups -OCH3 is 1. The van der Waals surface area contributed by atoms with Crippen molar-refractivity contribution in [3.8, 4) is 22.6 Å². The van der Waals surface area contributed by atoms with Crippen LogP contribution in [0.25, 0.3) is 43.6 Å². The van der Waals surface area contributed by atoms with Gasteiger partial charge in [-0.2, -0.15) is 0 Å². The molecular formula is C51H55N3O5. The summed E-state index contributed by atoms with van der Waals surface area (Å²) in [6.07, 6.45) is 2.18. The van der Waals surface area contributed by atoms with Gasteiger partial charge in [0.2, 0.25) is 5.91 Å². The number of ether oxygens (including phenoxy) is 2. The predicted molar refractivity (Wildman–Crippen MR) is 239 cm³/mol. The number of nitrogens with zero attached hydrogens (tertiary/aromatic N) is 1. The van der Waals surface area contributed by atoms with E-state index in [1.807, 2.05) is 95.9 Å². The summed E-state index contributed by atoms with van der Waals surface area (Å²) in [7, 11) is 1.61. The summed E-state index contributed by atoms with van der Waals surface area (Å²) in [6, 6.07) is 39.8. The van der Waals surface area contributed by atoms with Gasteiger partial charge in [0.1, 0.15) is 17.1 Å². The Hall–Kier alpha value is -6.12. The third-order valence-corrected chi connectivity index (χ3v) is 10.5. The van der Waals surface area contributed by atoms with E-state index in [2.05, 4.69) is 54.8 Å². The second kappa shape index (κ2) is 20.0. The number of carbonyl (C=O) groups is 2. The molecule has 1 heterocycles. The van der Waals surface area contributed by atoms with Gasteiger partial charge in [-0.15, -0.1) is 0 Å². The highest BCUT2D eigenvalue weighted by molar-refractivity contribution is 6.02. The minimum Gasteiger partial charge on any atom is -0.496 e. The maximum absolute atomic E-state index is 13.9. The Kier molecular flexibility index (Phi) is 13.0. The fourth-order valence-corrected chi connectivity index (χ4v) is 7.60. The van der Waals surface area contributed by atoms with E-state index in [0.29, 0.717) is 75.5 Å². The first-order valence-corrected chi connectivity index (χ1v) is 20.6. The molecule has 0 saturated carbocycles. The quantitative estimate of drug-likeness (QED) is 0.0590. The minimum atomic E-state index is -1.44. The van der Waals surface area contributed by atoms with E-state index in [-0.39, 0.29) is 24.3 Å². The topological polar surface area (TPSA) is 93.0 Å². The first kappa shape index (κ1) is 38.4. The van der Waals surface area contributed by atoms with Gasteiger partial charge in [0.05, 0.1) is 20.0 Å². The van der Waals surface area contributed by atoms with Crippen molar-refractivity contribution in [1.29, 1.82) is 0 Å². The zero-order chi connectivity index (χ0) is 42.8. The van der Waals surface area contributed by atoms with Gasteiger partial charge in [-0.1, -0.05) is 92.7 Å². The number of furan rings is 1. The Bertz CT molecular complexity index is 2530. The van der Waals surface area contributed by atoms with Crippen LogP contribution >= 0.6 is 0 Å². The lowest BCUT2D eigenvalue weighted by molar-refractivity contribution is -0.121. The van der Waals surface area contributed by atoms with Gasteiger partial charge < -0.3 is 29.4 Å². The molecule has 0 aliphatic rings. The van der Waals surface area contributed by atoms with Crippen LogP contribution in [0, 0.1) is 5.92 Å². The van der Waals surface area contributed by atoms with Gasteiger partial charge in [0, 0.05) is 56.9 Å². The Morgan fingerprint density at radius 1 is 0.797 bits per heavy atom. The number of amides is 2. The number of rotatable bonds is 20. The second-order valence-corrected chi connectivity index (χ2v) is 15.3. The standard InChI is InChI=1S/C51H55N3O5/c1-36(2)33-54(51(56)38-23-21-37(22-24-38)47-35-59-48-19-9-8-17-46(47)48)34-41-25-26-42(32-49(41)57-3)58-30-11-20-50(55)53-29-12-28-52-27-10-18-45-43-15-6-4-13-39(43)31-40-14-5-7-16-44(40)45/h4-9,13-17,19,21-26,31-32,35-36,52H,10-12,18,20,27-30,33-34H2,1-3H3,(H,53,55)/i10D2. The number of para-hydroxylation sites is 1. The fourth-order valence-electron chi connectivity index (χ4n) is 7.60. The highest BCUT2D eigenvalue weighted by atomic mass is 16.5. The van der Waals surface area contributed by atoms with Crippen LogP contribution < -0.4 is 20.1 Å². The van der Waals surface area contributed by atoms with Crippen LogP contribution in [0.3, 0.4) is 0 Å². The molecule has 8 heteroatoms. The third-order valence-electron chi connectivity index (χ3n) is 10.5. The maximum atomic E-state index is 13.9. The summed E-state index contributed by atoms with van der Waals surface area (Å²) in [5.74, 6) is 1.41. The van der Waals surface area contributed by atoms with Crippen LogP contribution in [0.2, 0.25) is 0 Å². The molecule has 0 unspecified atom stereocenters. The van der Waals surface area contributed by atoms with Crippen molar-refractivity contribution in [2.24, 2.45) is 5.92 Å². The molecule has 2 N–H and O–H groups in total. The SMILES string of the molecule is [2H]C([2H])(CNCCCNC(=O)CCCOc1ccc(CN(CC(C)C)C(=O)c2ccc(-c3coc4ccccc34)cc2)c(OC)c1)Cc1c2ccccc2cc2ccccc12. The van der Waals surface area contributed by atoms with Crippen molar-refractivity contribution in [2.75, 3.05) is 39.9 Å². The van der Waals surface area contributed by atoms with E-state index in [1.54, 1.807) is 13.4 Å². The number of carbonyl (C=O) groups excluding carboxylic acids is 2.